The van der Waals surface area contributed by atoms with Gasteiger partial charge < -0.3 is 4.74 Å². The van der Waals surface area contributed by atoms with Crippen molar-refractivity contribution in [3.63, 3.8) is 0 Å². The maximum absolute atomic E-state index is 11.5. The molecule has 1 N–H and O–H groups in total. The fraction of sp³-hybridized carbons (Fsp3) is 1.00. The number of ether oxygens (including phenoxy) is 1. The van der Waals surface area contributed by atoms with Crippen LogP contribution in [0.15, 0.2) is 0 Å². The topological polar surface area (TPSA) is 98.5 Å². The number of rotatable bonds is 5. The van der Waals surface area contributed by atoms with E-state index in [4.69, 9.17) is 4.74 Å². The van der Waals surface area contributed by atoms with Gasteiger partial charge >= 0.3 is 0 Å². The summed E-state index contributed by atoms with van der Waals surface area (Å²) in [5.41, 5.74) is 0. The van der Waals surface area contributed by atoms with E-state index in [0.717, 1.165) is 31.9 Å². The summed E-state index contributed by atoms with van der Waals surface area (Å²) < 4.78 is 31.5. The molecule has 2 rings (SSSR count). The van der Waals surface area contributed by atoms with Crippen LogP contribution in [-0.2, 0) is 14.8 Å². The van der Waals surface area contributed by atoms with Crippen molar-refractivity contribution in [2.75, 3.05) is 6.26 Å². The quantitative estimate of drug-likeness (QED) is 0.610. The molecule has 2 saturated carbocycles. The second-order valence-corrected chi connectivity index (χ2v) is 7.96. The molecule has 0 radical (unpaired) electrons. The van der Waals surface area contributed by atoms with Crippen LogP contribution in [0.4, 0.5) is 0 Å². The molecule has 2 aliphatic carbocycles. The van der Waals surface area contributed by atoms with Gasteiger partial charge in [-0.2, -0.15) is 0 Å². The highest BCUT2D eigenvalue weighted by molar-refractivity contribution is 7.88. The lowest BCUT2D eigenvalue weighted by Crippen LogP contribution is -2.51. The summed E-state index contributed by atoms with van der Waals surface area (Å²) in [5.74, 6) is 0. The predicted octanol–water partition coefficient (Wildman–Crippen LogP) is 1.45. The van der Waals surface area contributed by atoms with Crippen molar-refractivity contribution in [1.82, 2.24) is 4.72 Å². The molecule has 0 aromatic heterocycles. The number of nitro groups is 1. The van der Waals surface area contributed by atoms with Crippen LogP contribution in [0.5, 0.6) is 0 Å². The van der Waals surface area contributed by atoms with Crippen LogP contribution in [0, 0.1) is 10.1 Å². The maximum Gasteiger partial charge on any atom is 0.215 e. The van der Waals surface area contributed by atoms with Gasteiger partial charge in [0.2, 0.25) is 16.1 Å². The molecule has 3 atom stereocenters. The van der Waals surface area contributed by atoms with Gasteiger partial charge in [-0.05, 0) is 19.3 Å². The van der Waals surface area contributed by atoms with Gasteiger partial charge in [-0.15, -0.1) is 0 Å². The smallest absolute Gasteiger partial charge is 0.215 e. The van der Waals surface area contributed by atoms with Gasteiger partial charge in [0, 0.05) is 23.8 Å². The molecule has 0 bridgehead atoms. The third-order valence-corrected chi connectivity index (χ3v) is 5.08. The highest BCUT2D eigenvalue weighted by Crippen LogP contribution is 2.29. The van der Waals surface area contributed by atoms with Crippen molar-refractivity contribution >= 4 is 10.0 Å². The maximum atomic E-state index is 11.5. The summed E-state index contributed by atoms with van der Waals surface area (Å²) in [6.07, 6.45) is 7.32. The van der Waals surface area contributed by atoms with Crippen LogP contribution in [0.2, 0.25) is 0 Å². The molecule has 122 valence electrons. The Morgan fingerprint density at radius 1 is 1.14 bits per heavy atom. The van der Waals surface area contributed by atoms with E-state index in [1.165, 1.54) is 6.42 Å². The number of hydrogen-bond donors (Lipinski definition) is 1. The Morgan fingerprint density at radius 3 is 2.38 bits per heavy atom. The zero-order valence-electron chi connectivity index (χ0n) is 12.4. The van der Waals surface area contributed by atoms with Crippen molar-refractivity contribution in [2.45, 2.75) is 75.7 Å². The highest BCUT2D eigenvalue weighted by Gasteiger charge is 2.39. The highest BCUT2D eigenvalue weighted by atomic mass is 32.2. The number of hydrogen-bond acceptors (Lipinski definition) is 5. The van der Waals surface area contributed by atoms with Crippen LogP contribution in [0.25, 0.3) is 0 Å². The van der Waals surface area contributed by atoms with E-state index in [1.807, 2.05) is 0 Å². The van der Waals surface area contributed by atoms with E-state index in [-0.39, 0.29) is 23.5 Å². The average molecular weight is 320 g/mol. The minimum Gasteiger partial charge on any atom is -0.373 e. The molecule has 0 saturated heterocycles. The summed E-state index contributed by atoms with van der Waals surface area (Å²) in [6, 6.07) is -0.977. The monoisotopic (exact) mass is 320 g/mol. The standard InChI is InChI=1S/C13H24N2O5S/c1-21(18,19)14-12-8-7-10(15(16)17)9-13(12)20-11-5-3-2-4-6-11/h10-14H,2-9H2,1H3. The molecular formula is C13H24N2O5S. The molecule has 0 spiro atoms. The van der Waals surface area contributed by atoms with Crippen molar-refractivity contribution in [2.24, 2.45) is 0 Å². The molecule has 0 aliphatic heterocycles. The molecule has 21 heavy (non-hydrogen) atoms. The van der Waals surface area contributed by atoms with Crippen molar-refractivity contribution < 1.29 is 18.1 Å². The normalized spacial score (nSPS) is 32.0. The molecule has 8 heteroatoms. The molecule has 2 aliphatic rings. The molecule has 0 aromatic rings. The Kier molecular flexibility index (Phi) is 5.56. The van der Waals surface area contributed by atoms with Crippen LogP contribution in [0.3, 0.4) is 0 Å². The first-order valence-corrected chi connectivity index (χ1v) is 9.50. The third kappa shape index (κ3) is 5.19. The second kappa shape index (κ2) is 7.02. The first kappa shape index (κ1) is 16.6. The van der Waals surface area contributed by atoms with Crippen molar-refractivity contribution in [3.8, 4) is 0 Å². The van der Waals surface area contributed by atoms with Gasteiger partial charge in [-0.3, -0.25) is 10.1 Å². The zero-order valence-corrected chi connectivity index (χ0v) is 13.2. The van der Waals surface area contributed by atoms with E-state index in [2.05, 4.69) is 4.72 Å². The van der Waals surface area contributed by atoms with Gasteiger partial charge in [0.1, 0.15) is 0 Å². The van der Waals surface area contributed by atoms with E-state index in [0.29, 0.717) is 12.8 Å². The fourth-order valence-corrected chi connectivity index (χ4v) is 4.13. The Balaban J connectivity index is 2.02. The van der Waals surface area contributed by atoms with E-state index < -0.39 is 22.2 Å². The number of nitrogens with zero attached hydrogens (tertiary/aromatic N) is 1. The van der Waals surface area contributed by atoms with Crippen molar-refractivity contribution in [3.05, 3.63) is 10.1 Å². The molecule has 7 nitrogen and oxygen atoms in total. The summed E-state index contributed by atoms with van der Waals surface area (Å²) in [4.78, 5) is 10.7. The van der Waals surface area contributed by atoms with Crippen LogP contribution >= 0.6 is 0 Å². The van der Waals surface area contributed by atoms with Crippen molar-refractivity contribution in [1.29, 1.82) is 0 Å². The molecule has 0 amide bonds. The van der Waals surface area contributed by atoms with E-state index in [1.54, 1.807) is 0 Å². The largest absolute Gasteiger partial charge is 0.373 e. The molecule has 0 aromatic carbocycles. The second-order valence-electron chi connectivity index (χ2n) is 6.18. The first-order valence-electron chi connectivity index (χ1n) is 7.61. The SMILES string of the molecule is CS(=O)(=O)NC1CCC([N+](=O)[O-])CC1OC1CCCCC1. The van der Waals surface area contributed by atoms with E-state index >= 15 is 0 Å². The minimum atomic E-state index is -3.34. The summed E-state index contributed by atoms with van der Waals surface area (Å²) in [5, 5.41) is 11.0. The van der Waals surface area contributed by atoms with Gasteiger partial charge in [0.05, 0.1) is 18.5 Å². The number of nitrogens with one attached hydrogen (secondary N) is 1. The Morgan fingerprint density at radius 2 is 1.81 bits per heavy atom. The third-order valence-electron chi connectivity index (χ3n) is 4.35. The van der Waals surface area contributed by atoms with Gasteiger partial charge in [-0.25, -0.2) is 13.1 Å². The Hall–Kier alpha value is -0.730. The minimum absolute atomic E-state index is 0.109. The lowest BCUT2D eigenvalue weighted by atomic mass is 9.88. The first-order chi connectivity index (χ1) is 9.85. The Bertz CT molecular complexity index is 461. The average Bonchev–Trinajstić information content (AvgIpc) is 2.40. The molecule has 3 unspecified atom stereocenters. The summed E-state index contributed by atoms with van der Waals surface area (Å²) in [6.45, 7) is 0. The lowest BCUT2D eigenvalue weighted by molar-refractivity contribution is -0.529. The Labute approximate surface area is 125 Å². The van der Waals surface area contributed by atoms with Crippen LogP contribution in [0.1, 0.15) is 51.4 Å². The molecular weight excluding hydrogens is 296 g/mol. The molecule has 2 fully saturated rings. The zero-order chi connectivity index (χ0) is 15.5. The van der Waals surface area contributed by atoms with Crippen LogP contribution in [-0.4, -0.2) is 43.9 Å². The predicted molar refractivity (Wildman–Crippen MR) is 78.1 cm³/mol. The van der Waals surface area contributed by atoms with Gasteiger partial charge in [0.25, 0.3) is 0 Å². The molecule has 0 heterocycles. The summed E-state index contributed by atoms with van der Waals surface area (Å²) in [7, 11) is -3.34. The lowest BCUT2D eigenvalue weighted by Gasteiger charge is -2.36. The summed E-state index contributed by atoms with van der Waals surface area (Å²) >= 11 is 0. The van der Waals surface area contributed by atoms with Gasteiger partial charge in [0.15, 0.2) is 0 Å². The van der Waals surface area contributed by atoms with Crippen LogP contribution < -0.4 is 4.72 Å². The number of sulfonamides is 1. The fourth-order valence-electron chi connectivity index (χ4n) is 3.31. The van der Waals surface area contributed by atoms with Gasteiger partial charge in [-0.1, -0.05) is 19.3 Å². The van der Waals surface area contributed by atoms with E-state index in [9.17, 15) is 18.5 Å².